The molecule has 0 bridgehead atoms. The summed E-state index contributed by atoms with van der Waals surface area (Å²) in [5, 5.41) is 3.42. The van der Waals surface area contributed by atoms with Crippen LogP contribution in [-0.2, 0) is 4.79 Å². The van der Waals surface area contributed by atoms with Crippen LogP contribution >= 0.6 is 0 Å². The van der Waals surface area contributed by atoms with E-state index in [0.717, 1.165) is 12.8 Å². The number of hydrogen-bond acceptors (Lipinski definition) is 2. The molecule has 1 aliphatic rings. The molecule has 0 aromatic heterocycles. The molecule has 2 atom stereocenters. The first-order valence-electron chi connectivity index (χ1n) is 5.32. The van der Waals surface area contributed by atoms with Crippen LogP contribution in [0, 0.1) is 11.8 Å². The Hall–Kier alpha value is -0.370. The summed E-state index contributed by atoms with van der Waals surface area (Å²) in [5.41, 5.74) is 0. The number of nitrogens with one attached hydrogen (secondary N) is 1. The highest BCUT2D eigenvalue weighted by molar-refractivity contribution is 5.86. The number of ketones is 1. The van der Waals surface area contributed by atoms with Gasteiger partial charge in [-0.1, -0.05) is 27.7 Å². The maximum absolute atomic E-state index is 11.7. The van der Waals surface area contributed by atoms with Gasteiger partial charge in [0.15, 0.2) is 5.78 Å². The predicted molar refractivity (Wildman–Crippen MR) is 54.6 cm³/mol. The molecule has 76 valence electrons. The van der Waals surface area contributed by atoms with E-state index >= 15 is 0 Å². The minimum atomic E-state index is 0.132. The Kier molecular flexibility index (Phi) is 3.48. The van der Waals surface area contributed by atoms with Gasteiger partial charge in [-0.25, -0.2) is 0 Å². The van der Waals surface area contributed by atoms with E-state index in [1.807, 2.05) is 13.8 Å². The van der Waals surface area contributed by atoms with Gasteiger partial charge in [-0.05, 0) is 18.8 Å². The summed E-state index contributed by atoms with van der Waals surface area (Å²) in [6, 6.07) is 0.681. The van der Waals surface area contributed by atoms with Crippen LogP contribution in [0.15, 0.2) is 0 Å². The highest BCUT2D eigenvalue weighted by Gasteiger charge is 2.31. The fourth-order valence-corrected chi connectivity index (χ4v) is 1.92. The van der Waals surface area contributed by atoms with Crippen molar-refractivity contribution in [2.24, 2.45) is 11.8 Å². The second kappa shape index (κ2) is 4.23. The molecule has 1 saturated heterocycles. The molecule has 0 radical (unpaired) electrons. The first-order valence-corrected chi connectivity index (χ1v) is 5.32. The van der Waals surface area contributed by atoms with Crippen LogP contribution < -0.4 is 5.32 Å². The summed E-state index contributed by atoms with van der Waals surface area (Å²) < 4.78 is 0. The Labute approximate surface area is 81.1 Å². The largest absolute Gasteiger partial charge is 0.304 e. The molecule has 0 spiro atoms. The standard InChI is InChI=1S/C11H21NO/c1-7(2)9-5-6-10(12-9)11(13)8(3)4/h7-10,12H,5-6H2,1-4H3. The minimum Gasteiger partial charge on any atom is -0.304 e. The molecule has 0 saturated carbocycles. The van der Waals surface area contributed by atoms with E-state index in [1.54, 1.807) is 0 Å². The molecule has 1 aliphatic heterocycles. The lowest BCUT2D eigenvalue weighted by Crippen LogP contribution is -2.39. The van der Waals surface area contributed by atoms with Crippen molar-refractivity contribution in [2.75, 3.05) is 0 Å². The lowest BCUT2D eigenvalue weighted by Gasteiger charge is -2.17. The Morgan fingerprint density at radius 3 is 2.23 bits per heavy atom. The molecule has 0 aromatic rings. The zero-order valence-electron chi connectivity index (χ0n) is 9.13. The van der Waals surface area contributed by atoms with Gasteiger partial charge in [0.25, 0.3) is 0 Å². The van der Waals surface area contributed by atoms with Gasteiger partial charge in [0.1, 0.15) is 0 Å². The molecule has 1 heterocycles. The molecule has 2 heteroatoms. The third-order valence-corrected chi connectivity index (χ3v) is 2.90. The third kappa shape index (κ3) is 2.53. The molecule has 1 rings (SSSR count). The monoisotopic (exact) mass is 183 g/mol. The van der Waals surface area contributed by atoms with Crippen molar-refractivity contribution < 1.29 is 4.79 Å². The Morgan fingerprint density at radius 1 is 1.23 bits per heavy atom. The summed E-state index contributed by atoms with van der Waals surface area (Å²) >= 11 is 0. The van der Waals surface area contributed by atoms with E-state index < -0.39 is 0 Å². The van der Waals surface area contributed by atoms with Crippen molar-refractivity contribution in [1.29, 1.82) is 0 Å². The number of Topliss-reactive ketones (excluding diaryl/α,β-unsaturated/α-hetero) is 1. The van der Waals surface area contributed by atoms with Crippen LogP contribution in [-0.4, -0.2) is 17.9 Å². The first-order chi connectivity index (χ1) is 6.02. The Balaban J connectivity index is 2.45. The van der Waals surface area contributed by atoms with Gasteiger partial charge in [0, 0.05) is 12.0 Å². The van der Waals surface area contributed by atoms with E-state index in [1.165, 1.54) is 0 Å². The molecule has 0 aliphatic carbocycles. The smallest absolute Gasteiger partial charge is 0.152 e. The summed E-state index contributed by atoms with van der Waals surface area (Å²) in [4.78, 5) is 11.7. The number of carbonyl (C=O) groups excluding carboxylic acids is 1. The fourth-order valence-electron chi connectivity index (χ4n) is 1.92. The summed E-state index contributed by atoms with van der Waals surface area (Å²) in [6.07, 6.45) is 2.18. The highest BCUT2D eigenvalue weighted by atomic mass is 16.1. The topological polar surface area (TPSA) is 29.1 Å². The summed E-state index contributed by atoms with van der Waals surface area (Å²) in [5.74, 6) is 1.19. The maximum Gasteiger partial charge on any atom is 0.152 e. The van der Waals surface area contributed by atoms with Crippen molar-refractivity contribution in [2.45, 2.75) is 52.6 Å². The van der Waals surface area contributed by atoms with E-state index in [4.69, 9.17) is 0 Å². The molecule has 13 heavy (non-hydrogen) atoms. The van der Waals surface area contributed by atoms with Crippen molar-refractivity contribution in [3.8, 4) is 0 Å². The van der Waals surface area contributed by atoms with Gasteiger partial charge in [-0.2, -0.15) is 0 Å². The first kappa shape index (κ1) is 10.7. The van der Waals surface area contributed by atoms with Gasteiger partial charge in [-0.15, -0.1) is 0 Å². The second-order valence-electron chi connectivity index (χ2n) is 4.70. The van der Waals surface area contributed by atoms with Crippen LogP contribution in [0.4, 0.5) is 0 Å². The average molecular weight is 183 g/mol. The van der Waals surface area contributed by atoms with Crippen molar-refractivity contribution in [3.05, 3.63) is 0 Å². The predicted octanol–water partition coefficient (Wildman–Crippen LogP) is 1.99. The van der Waals surface area contributed by atoms with E-state index in [-0.39, 0.29) is 12.0 Å². The lowest BCUT2D eigenvalue weighted by atomic mass is 10.00. The second-order valence-corrected chi connectivity index (χ2v) is 4.70. The zero-order valence-corrected chi connectivity index (χ0v) is 9.13. The van der Waals surface area contributed by atoms with Gasteiger partial charge in [0.2, 0.25) is 0 Å². The van der Waals surface area contributed by atoms with Crippen molar-refractivity contribution in [3.63, 3.8) is 0 Å². The van der Waals surface area contributed by atoms with Crippen molar-refractivity contribution >= 4 is 5.78 Å². The number of carbonyl (C=O) groups is 1. The molecule has 2 unspecified atom stereocenters. The Bertz CT molecular complexity index is 187. The molecule has 2 nitrogen and oxygen atoms in total. The lowest BCUT2D eigenvalue weighted by molar-refractivity contribution is -0.123. The van der Waals surface area contributed by atoms with Crippen LogP contribution in [0.5, 0.6) is 0 Å². The van der Waals surface area contributed by atoms with E-state index in [0.29, 0.717) is 17.7 Å². The van der Waals surface area contributed by atoms with Crippen LogP contribution in [0.25, 0.3) is 0 Å². The van der Waals surface area contributed by atoms with Gasteiger partial charge < -0.3 is 5.32 Å². The minimum absolute atomic E-state index is 0.132. The molecule has 0 amide bonds. The number of hydrogen-bond donors (Lipinski definition) is 1. The molecular weight excluding hydrogens is 162 g/mol. The zero-order chi connectivity index (χ0) is 10.0. The maximum atomic E-state index is 11.7. The fraction of sp³-hybridized carbons (Fsp3) is 0.909. The van der Waals surface area contributed by atoms with Crippen LogP contribution in [0.3, 0.4) is 0 Å². The third-order valence-electron chi connectivity index (χ3n) is 2.90. The molecule has 1 N–H and O–H groups in total. The molecule has 1 fully saturated rings. The van der Waals surface area contributed by atoms with E-state index in [9.17, 15) is 4.79 Å². The van der Waals surface area contributed by atoms with Crippen LogP contribution in [0.2, 0.25) is 0 Å². The summed E-state index contributed by atoms with van der Waals surface area (Å²) in [6.45, 7) is 8.37. The Morgan fingerprint density at radius 2 is 1.85 bits per heavy atom. The molecule has 0 aromatic carbocycles. The van der Waals surface area contributed by atoms with Crippen molar-refractivity contribution in [1.82, 2.24) is 5.32 Å². The average Bonchev–Trinajstić information content (AvgIpc) is 2.50. The number of rotatable bonds is 3. The van der Waals surface area contributed by atoms with Gasteiger partial charge in [0.05, 0.1) is 6.04 Å². The summed E-state index contributed by atoms with van der Waals surface area (Å²) in [7, 11) is 0. The van der Waals surface area contributed by atoms with Gasteiger partial charge in [-0.3, -0.25) is 4.79 Å². The normalized spacial score (nSPS) is 28.8. The SMILES string of the molecule is CC(C)C(=O)C1CCC(C(C)C)N1. The van der Waals surface area contributed by atoms with Crippen LogP contribution in [0.1, 0.15) is 40.5 Å². The highest BCUT2D eigenvalue weighted by Crippen LogP contribution is 2.20. The quantitative estimate of drug-likeness (QED) is 0.725. The molecular formula is C11H21NO. The van der Waals surface area contributed by atoms with E-state index in [2.05, 4.69) is 19.2 Å². The van der Waals surface area contributed by atoms with Gasteiger partial charge >= 0.3 is 0 Å².